The standard InChI is InChI=1S/C12H12BrNO2S2/c1-7-8(2-11(18-7)12(15)16)4-14-5-10-3-9(13)6-17-10/h2-3,6,14H,4-5H2,1H3,(H,15,16). The quantitative estimate of drug-likeness (QED) is 0.864. The smallest absolute Gasteiger partial charge is 0.345 e. The number of nitrogens with one attached hydrogen (secondary N) is 1. The van der Waals surface area contributed by atoms with E-state index in [2.05, 4.69) is 32.7 Å². The number of carboxylic acids is 1. The van der Waals surface area contributed by atoms with Crippen molar-refractivity contribution in [1.29, 1.82) is 0 Å². The van der Waals surface area contributed by atoms with Crippen LogP contribution < -0.4 is 5.32 Å². The van der Waals surface area contributed by atoms with Gasteiger partial charge in [0.2, 0.25) is 0 Å². The number of aryl methyl sites for hydroxylation is 1. The fourth-order valence-electron chi connectivity index (χ4n) is 1.57. The van der Waals surface area contributed by atoms with Gasteiger partial charge in [-0.15, -0.1) is 22.7 Å². The third kappa shape index (κ3) is 3.41. The average Bonchev–Trinajstić information content (AvgIpc) is 2.87. The van der Waals surface area contributed by atoms with Gasteiger partial charge < -0.3 is 10.4 Å². The van der Waals surface area contributed by atoms with E-state index in [0.717, 1.165) is 21.5 Å². The summed E-state index contributed by atoms with van der Waals surface area (Å²) >= 11 is 6.45. The maximum atomic E-state index is 10.9. The Balaban J connectivity index is 1.92. The first kappa shape index (κ1) is 13.7. The van der Waals surface area contributed by atoms with Crippen LogP contribution in [-0.2, 0) is 13.1 Å². The number of hydrogen-bond donors (Lipinski definition) is 2. The van der Waals surface area contributed by atoms with Gasteiger partial charge in [-0.25, -0.2) is 4.79 Å². The van der Waals surface area contributed by atoms with Crippen LogP contribution in [0.3, 0.4) is 0 Å². The van der Waals surface area contributed by atoms with Gasteiger partial charge in [-0.05, 0) is 40.5 Å². The molecule has 2 heterocycles. The third-order valence-corrected chi connectivity index (χ3v) is 5.25. The number of halogens is 1. The van der Waals surface area contributed by atoms with Crippen molar-refractivity contribution in [3.8, 4) is 0 Å². The molecule has 2 aromatic heterocycles. The van der Waals surface area contributed by atoms with Crippen molar-refractivity contribution in [2.24, 2.45) is 0 Å². The van der Waals surface area contributed by atoms with E-state index in [0.29, 0.717) is 11.4 Å². The van der Waals surface area contributed by atoms with Crippen molar-refractivity contribution in [3.05, 3.63) is 42.2 Å². The molecule has 0 aromatic carbocycles. The number of thiophene rings is 2. The molecule has 3 nitrogen and oxygen atoms in total. The monoisotopic (exact) mass is 345 g/mol. The van der Waals surface area contributed by atoms with E-state index in [1.165, 1.54) is 16.2 Å². The molecule has 0 aliphatic rings. The fraction of sp³-hybridized carbons (Fsp3) is 0.250. The zero-order chi connectivity index (χ0) is 13.1. The Kier molecular flexibility index (Phi) is 4.55. The summed E-state index contributed by atoms with van der Waals surface area (Å²) in [4.78, 5) is 13.6. The highest BCUT2D eigenvalue weighted by Crippen LogP contribution is 2.22. The summed E-state index contributed by atoms with van der Waals surface area (Å²) in [7, 11) is 0. The first-order valence-corrected chi connectivity index (χ1v) is 7.81. The van der Waals surface area contributed by atoms with Crippen molar-refractivity contribution in [3.63, 3.8) is 0 Å². The Bertz CT molecular complexity index is 562. The molecule has 0 radical (unpaired) electrons. The van der Waals surface area contributed by atoms with E-state index >= 15 is 0 Å². The van der Waals surface area contributed by atoms with Gasteiger partial charge in [0.1, 0.15) is 4.88 Å². The topological polar surface area (TPSA) is 49.3 Å². The lowest BCUT2D eigenvalue weighted by atomic mass is 10.2. The van der Waals surface area contributed by atoms with Crippen LogP contribution in [-0.4, -0.2) is 11.1 Å². The van der Waals surface area contributed by atoms with E-state index in [1.807, 2.05) is 6.92 Å². The summed E-state index contributed by atoms with van der Waals surface area (Å²) < 4.78 is 1.10. The number of hydrogen-bond acceptors (Lipinski definition) is 4. The second-order valence-corrected chi connectivity index (χ2v) is 7.00. The van der Waals surface area contributed by atoms with Crippen molar-refractivity contribution in [2.75, 3.05) is 0 Å². The number of carboxylic acid groups (broad SMARTS) is 1. The molecule has 6 heteroatoms. The van der Waals surface area contributed by atoms with Crippen LogP contribution in [0.2, 0.25) is 0 Å². The van der Waals surface area contributed by atoms with Crippen LogP contribution in [0.5, 0.6) is 0 Å². The van der Waals surface area contributed by atoms with Gasteiger partial charge in [-0.1, -0.05) is 0 Å². The van der Waals surface area contributed by atoms with Gasteiger partial charge in [0, 0.05) is 32.7 Å². The molecule has 0 unspecified atom stereocenters. The molecule has 0 saturated heterocycles. The Labute approximate surface area is 122 Å². The summed E-state index contributed by atoms with van der Waals surface area (Å²) in [6.07, 6.45) is 0. The molecular weight excluding hydrogens is 334 g/mol. The Morgan fingerprint density at radius 3 is 2.78 bits per heavy atom. The molecule has 0 fully saturated rings. The molecule has 18 heavy (non-hydrogen) atoms. The molecule has 0 spiro atoms. The predicted molar refractivity (Wildman–Crippen MR) is 78.6 cm³/mol. The van der Waals surface area contributed by atoms with Crippen molar-refractivity contribution < 1.29 is 9.90 Å². The first-order chi connectivity index (χ1) is 8.56. The Morgan fingerprint density at radius 1 is 1.44 bits per heavy atom. The minimum absolute atomic E-state index is 0.406. The molecule has 96 valence electrons. The highest BCUT2D eigenvalue weighted by atomic mass is 79.9. The van der Waals surface area contributed by atoms with Gasteiger partial charge >= 0.3 is 5.97 Å². The average molecular weight is 346 g/mol. The number of carbonyl (C=O) groups is 1. The maximum Gasteiger partial charge on any atom is 0.345 e. The van der Waals surface area contributed by atoms with Crippen LogP contribution in [0.1, 0.15) is 25.0 Å². The predicted octanol–water partition coefficient (Wildman–Crippen LogP) is 3.87. The van der Waals surface area contributed by atoms with Crippen LogP contribution >= 0.6 is 38.6 Å². The van der Waals surface area contributed by atoms with E-state index in [9.17, 15) is 4.79 Å². The lowest BCUT2D eigenvalue weighted by Crippen LogP contribution is -2.11. The fourth-order valence-corrected chi connectivity index (χ4v) is 3.87. The van der Waals surface area contributed by atoms with Crippen LogP contribution in [0.4, 0.5) is 0 Å². The third-order valence-electron chi connectivity index (χ3n) is 2.47. The lowest BCUT2D eigenvalue weighted by molar-refractivity contribution is 0.0702. The largest absolute Gasteiger partial charge is 0.477 e. The highest BCUT2D eigenvalue weighted by molar-refractivity contribution is 9.10. The molecule has 0 aliphatic carbocycles. The van der Waals surface area contributed by atoms with E-state index in [-0.39, 0.29) is 0 Å². The molecule has 0 atom stereocenters. The van der Waals surface area contributed by atoms with Crippen LogP contribution in [0, 0.1) is 6.92 Å². The summed E-state index contributed by atoms with van der Waals surface area (Å²) in [5.74, 6) is -0.850. The lowest BCUT2D eigenvalue weighted by Gasteiger charge is -2.02. The normalized spacial score (nSPS) is 10.8. The maximum absolute atomic E-state index is 10.9. The number of aromatic carboxylic acids is 1. The summed E-state index contributed by atoms with van der Waals surface area (Å²) in [5.41, 5.74) is 1.06. The molecule has 2 rings (SSSR count). The van der Waals surface area contributed by atoms with Crippen molar-refractivity contribution >= 4 is 44.6 Å². The molecule has 0 aliphatic heterocycles. The minimum Gasteiger partial charge on any atom is -0.477 e. The molecule has 0 amide bonds. The zero-order valence-electron chi connectivity index (χ0n) is 9.70. The molecule has 0 saturated carbocycles. The molecular formula is C12H12BrNO2S2. The highest BCUT2D eigenvalue weighted by Gasteiger charge is 2.10. The summed E-state index contributed by atoms with van der Waals surface area (Å²) in [6.45, 7) is 3.45. The Hall–Kier alpha value is -0.690. The van der Waals surface area contributed by atoms with E-state index < -0.39 is 5.97 Å². The van der Waals surface area contributed by atoms with Crippen molar-refractivity contribution in [1.82, 2.24) is 5.32 Å². The molecule has 2 aromatic rings. The zero-order valence-corrected chi connectivity index (χ0v) is 12.9. The SMILES string of the molecule is Cc1sc(C(=O)O)cc1CNCc1cc(Br)cs1. The second-order valence-electron chi connectivity index (χ2n) is 3.83. The minimum atomic E-state index is -0.850. The molecule has 0 bridgehead atoms. The summed E-state index contributed by atoms with van der Waals surface area (Å²) in [5, 5.41) is 14.3. The van der Waals surface area contributed by atoms with E-state index in [4.69, 9.17) is 5.11 Å². The van der Waals surface area contributed by atoms with E-state index in [1.54, 1.807) is 17.4 Å². The van der Waals surface area contributed by atoms with Gasteiger partial charge in [0.25, 0.3) is 0 Å². The van der Waals surface area contributed by atoms with Gasteiger partial charge in [-0.2, -0.15) is 0 Å². The van der Waals surface area contributed by atoms with Gasteiger partial charge in [0.15, 0.2) is 0 Å². The second kappa shape index (κ2) is 5.97. The Morgan fingerprint density at radius 2 is 2.22 bits per heavy atom. The van der Waals surface area contributed by atoms with Gasteiger partial charge in [0.05, 0.1) is 0 Å². The number of rotatable bonds is 5. The summed E-state index contributed by atoms with van der Waals surface area (Å²) in [6, 6.07) is 3.83. The van der Waals surface area contributed by atoms with Crippen molar-refractivity contribution in [2.45, 2.75) is 20.0 Å². The van der Waals surface area contributed by atoms with Crippen LogP contribution in [0.25, 0.3) is 0 Å². The first-order valence-electron chi connectivity index (χ1n) is 5.32. The molecule has 2 N–H and O–H groups in total. The van der Waals surface area contributed by atoms with Gasteiger partial charge in [-0.3, -0.25) is 0 Å². The van der Waals surface area contributed by atoms with Crippen LogP contribution in [0.15, 0.2) is 22.0 Å².